The molecule has 0 amide bonds. The summed E-state index contributed by atoms with van der Waals surface area (Å²) in [5, 5.41) is 7.78. The Morgan fingerprint density at radius 3 is 1.76 bits per heavy atom. The fourth-order valence-corrected chi connectivity index (χ4v) is 1.91. The molecule has 0 saturated heterocycles. The predicted octanol–water partition coefficient (Wildman–Crippen LogP) is 2.15. The summed E-state index contributed by atoms with van der Waals surface area (Å²) in [7, 11) is -2.66. The zero-order valence-electron chi connectivity index (χ0n) is 14.1. The second kappa shape index (κ2) is 12.0. The predicted molar refractivity (Wildman–Crippen MR) is 95.6 cm³/mol. The maximum Gasteiger partial charge on any atom is 0.319 e. The first kappa shape index (κ1) is 22.6. The van der Waals surface area contributed by atoms with Crippen LogP contribution in [0, 0.1) is 0 Å². The first-order chi connectivity index (χ1) is 11.7. The van der Waals surface area contributed by atoms with Gasteiger partial charge in [0.25, 0.3) is 10.1 Å². The number of hydrogen-bond donors (Lipinski definition) is 3. The van der Waals surface area contributed by atoms with Gasteiger partial charge in [-0.25, -0.2) is 0 Å². The van der Waals surface area contributed by atoms with Gasteiger partial charge in [-0.3, -0.25) is 9.35 Å². The second-order valence-electron chi connectivity index (χ2n) is 4.68. The molecule has 138 valence electrons. The van der Waals surface area contributed by atoms with E-state index >= 15 is 0 Å². The van der Waals surface area contributed by atoms with Crippen molar-refractivity contribution in [2.24, 2.45) is 5.73 Å². The first-order valence-corrected chi connectivity index (χ1v) is 8.74. The van der Waals surface area contributed by atoms with Crippen molar-refractivity contribution in [3.05, 3.63) is 66.2 Å². The van der Waals surface area contributed by atoms with Crippen molar-refractivity contribution in [2.75, 3.05) is 13.7 Å². The number of phenolic OH excluding ortho intramolecular Hbond substituents is 1. The van der Waals surface area contributed by atoms with Gasteiger partial charge >= 0.3 is 5.97 Å². The number of carbonyl (C=O) groups is 1. The molecule has 2 rings (SSSR count). The van der Waals surface area contributed by atoms with Gasteiger partial charge < -0.3 is 15.6 Å². The number of nitrogens with two attached hydrogens (primary N) is 1. The van der Waals surface area contributed by atoms with Gasteiger partial charge in [0.15, 0.2) is 0 Å². The second-order valence-corrected chi connectivity index (χ2v) is 6.42. The lowest BCUT2D eigenvalue weighted by atomic mass is 10.2. The van der Waals surface area contributed by atoms with Crippen LogP contribution < -0.4 is 5.73 Å². The van der Waals surface area contributed by atoms with Crippen molar-refractivity contribution in [3.63, 3.8) is 0 Å². The Morgan fingerprint density at radius 2 is 1.52 bits per heavy atom. The largest absolute Gasteiger partial charge is 0.508 e. The summed E-state index contributed by atoms with van der Waals surface area (Å²) in [5.41, 5.74) is 5.41. The van der Waals surface area contributed by atoms with Gasteiger partial charge in [-0.2, -0.15) is 8.42 Å². The van der Waals surface area contributed by atoms with Crippen LogP contribution in [0.25, 0.3) is 0 Å². The zero-order valence-corrected chi connectivity index (χ0v) is 14.9. The highest BCUT2D eigenvalue weighted by molar-refractivity contribution is 7.86. The Labute approximate surface area is 147 Å². The molecule has 0 fully saturated rings. The molecule has 7 nitrogen and oxygen atoms in total. The number of ether oxygens (including phenoxy) is 1. The number of phenols is 1. The Hall–Kier alpha value is -2.42. The van der Waals surface area contributed by atoms with Crippen LogP contribution in [-0.2, 0) is 19.6 Å². The van der Waals surface area contributed by atoms with E-state index in [1.165, 1.54) is 14.0 Å². The highest BCUT2D eigenvalue weighted by Crippen LogP contribution is 2.19. The molecule has 0 radical (unpaired) electrons. The van der Waals surface area contributed by atoms with Gasteiger partial charge in [0, 0.05) is 0 Å². The molecule has 0 spiro atoms. The number of benzene rings is 2. The molecule has 25 heavy (non-hydrogen) atoms. The average molecular weight is 369 g/mol. The topological polar surface area (TPSA) is 127 Å². The number of aromatic hydroxyl groups is 1. The van der Waals surface area contributed by atoms with E-state index in [9.17, 15) is 13.2 Å². The van der Waals surface area contributed by atoms with Gasteiger partial charge in [0.2, 0.25) is 0 Å². The van der Waals surface area contributed by atoms with Gasteiger partial charge in [-0.05, 0) is 24.6 Å². The molecule has 0 saturated carbocycles. The maximum atomic E-state index is 10.7. The lowest BCUT2D eigenvalue weighted by molar-refractivity contribution is -0.138. The van der Waals surface area contributed by atoms with Crippen molar-refractivity contribution >= 4 is 16.1 Å². The monoisotopic (exact) mass is 369 g/mol. The Kier molecular flexibility index (Phi) is 10.9. The molecule has 2 aromatic rings. The Balaban J connectivity index is 0.000000378. The minimum absolute atomic E-state index is 0.0312. The van der Waals surface area contributed by atoms with Crippen LogP contribution >= 0.6 is 0 Å². The van der Waals surface area contributed by atoms with Crippen LogP contribution in [0.15, 0.2) is 60.7 Å². The van der Waals surface area contributed by atoms with E-state index in [1.807, 2.05) is 6.07 Å². The highest BCUT2D eigenvalue weighted by Gasteiger charge is 2.18. The van der Waals surface area contributed by atoms with Crippen molar-refractivity contribution < 1.29 is 27.6 Å². The van der Waals surface area contributed by atoms with Gasteiger partial charge in [-0.1, -0.05) is 48.5 Å². The Morgan fingerprint density at radius 1 is 1.08 bits per heavy atom. The van der Waals surface area contributed by atoms with Crippen molar-refractivity contribution in [1.82, 2.24) is 0 Å². The Bertz CT molecular complexity index is 698. The average Bonchev–Trinajstić information content (AvgIpc) is 2.62. The third-order valence-corrected chi connectivity index (χ3v) is 4.03. The summed E-state index contributed by atoms with van der Waals surface area (Å²) in [6.07, 6.45) is 0. The third kappa shape index (κ3) is 10.9. The molecule has 8 heteroatoms. The number of esters is 1. The molecular formula is C17H23NO6S. The fraction of sp³-hybridized carbons (Fsp3) is 0.235. The van der Waals surface area contributed by atoms with Gasteiger partial charge in [0.05, 0.1) is 13.7 Å². The zero-order chi connectivity index (χ0) is 19.3. The molecule has 0 aromatic heterocycles. The van der Waals surface area contributed by atoms with E-state index in [2.05, 4.69) is 4.74 Å². The summed E-state index contributed by atoms with van der Waals surface area (Å²) in [4.78, 5) is 9.83. The van der Waals surface area contributed by atoms with E-state index in [0.717, 1.165) is 0 Å². The van der Waals surface area contributed by atoms with Crippen LogP contribution in [0.1, 0.15) is 17.7 Å². The van der Waals surface area contributed by atoms with Crippen LogP contribution in [0.5, 0.6) is 5.75 Å². The number of carbonyl (C=O) groups excluding carboxylic acids is 1. The normalized spacial score (nSPS) is 11.0. The summed E-state index contributed by atoms with van der Waals surface area (Å²) >= 11 is 0. The van der Waals surface area contributed by atoms with Gasteiger partial charge in [-0.15, -0.1) is 0 Å². The fourth-order valence-electron chi connectivity index (χ4n) is 1.41. The smallest absolute Gasteiger partial charge is 0.319 e. The summed E-state index contributed by atoms with van der Waals surface area (Å²) < 4.78 is 34.2. The number of rotatable bonds is 3. The molecule has 0 bridgehead atoms. The third-order valence-electron chi connectivity index (χ3n) is 2.87. The lowest BCUT2D eigenvalue weighted by Crippen LogP contribution is -2.14. The van der Waals surface area contributed by atoms with E-state index in [0.29, 0.717) is 11.3 Å². The minimum atomic E-state index is -3.96. The molecule has 4 N–H and O–H groups in total. The van der Waals surface area contributed by atoms with E-state index in [1.54, 1.807) is 54.6 Å². The number of para-hydroxylation sites is 1. The van der Waals surface area contributed by atoms with Crippen molar-refractivity contribution in [1.29, 1.82) is 0 Å². The van der Waals surface area contributed by atoms with Crippen LogP contribution in [0.2, 0.25) is 0 Å². The molecule has 0 aliphatic heterocycles. The van der Waals surface area contributed by atoms with Gasteiger partial charge in [0.1, 0.15) is 11.0 Å². The molecule has 1 atom stereocenters. The minimum Gasteiger partial charge on any atom is -0.508 e. The molecular weight excluding hydrogens is 346 g/mol. The molecule has 0 aliphatic carbocycles. The lowest BCUT2D eigenvalue weighted by Gasteiger charge is -2.06. The summed E-state index contributed by atoms with van der Waals surface area (Å²) in [6, 6.07) is 17.3. The van der Waals surface area contributed by atoms with Crippen LogP contribution in [0.4, 0.5) is 0 Å². The quantitative estimate of drug-likeness (QED) is 0.559. The maximum absolute atomic E-state index is 10.7. The van der Waals surface area contributed by atoms with Crippen LogP contribution in [0.3, 0.4) is 0 Å². The molecule has 1 unspecified atom stereocenters. The van der Waals surface area contributed by atoms with E-state index < -0.39 is 15.4 Å². The highest BCUT2D eigenvalue weighted by atomic mass is 32.2. The standard InChI is InChI=1S/C8H10O3S.C6H6O.C3H7NO2/c1-7(12(9,10)11)8-5-3-2-4-6-8;7-6-4-2-1-3-5-6;1-6-3(5)2-4/h2-7H,1H3,(H,9,10,11);1-5,7H;2,4H2,1H3. The van der Waals surface area contributed by atoms with Crippen molar-refractivity contribution in [3.8, 4) is 5.75 Å². The SMILES string of the molecule is CC(c1ccccc1)S(=O)(=O)O.COC(=O)CN.Oc1ccccc1. The molecule has 2 aromatic carbocycles. The van der Waals surface area contributed by atoms with E-state index in [4.69, 9.17) is 15.4 Å². The molecule has 0 aliphatic rings. The first-order valence-electron chi connectivity index (χ1n) is 7.24. The number of methoxy groups -OCH3 is 1. The van der Waals surface area contributed by atoms with Crippen molar-refractivity contribution in [2.45, 2.75) is 12.2 Å². The summed E-state index contributed by atoms with van der Waals surface area (Å²) in [5.74, 6) is -0.0579. The number of hydrogen-bond acceptors (Lipinski definition) is 6. The van der Waals surface area contributed by atoms with E-state index in [-0.39, 0.29) is 12.5 Å². The summed E-state index contributed by atoms with van der Waals surface area (Å²) in [6.45, 7) is 1.42. The van der Waals surface area contributed by atoms with Crippen LogP contribution in [-0.4, -0.2) is 37.7 Å². The molecule has 0 heterocycles.